The van der Waals surface area contributed by atoms with Crippen LogP contribution in [0.1, 0.15) is 63.3 Å². The average molecular weight is 649 g/mol. The first-order chi connectivity index (χ1) is 23.6. The van der Waals surface area contributed by atoms with Gasteiger partial charge < -0.3 is 29.0 Å². The van der Waals surface area contributed by atoms with Crippen LogP contribution in [-0.2, 0) is 32.2 Å². The summed E-state index contributed by atoms with van der Waals surface area (Å²) < 4.78 is 28.8. The van der Waals surface area contributed by atoms with E-state index in [2.05, 4.69) is 10.2 Å². The molecule has 2 atom stereocenters. The summed E-state index contributed by atoms with van der Waals surface area (Å²) >= 11 is 0. The Balaban J connectivity index is 0.948. The highest BCUT2D eigenvalue weighted by Gasteiger charge is 2.37. The maximum Gasteiger partial charge on any atom is 0.408 e. The molecule has 0 aromatic heterocycles. The number of nitrogens with zero attached hydrogens (tertiary/aromatic N) is 1. The van der Waals surface area contributed by atoms with Crippen molar-refractivity contribution in [2.45, 2.75) is 44.5 Å². The van der Waals surface area contributed by atoms with Crippen LogP contribution in [0.25, 0.3) is 0 Å². The van der Waals surface area contributed by atoms with Gasteiger partial charge in [-0.3, -0.25) is 4.90 Å². The van der Waals surface area contributed by atoms with Crippen molar-refractivity contribution in [2.24, 2.45) is 5.92 Å². The Kier molecular flexibility index (Phi) is 9.98. The third-order valence-electron chi connectivity index (χ3n) is 9.25. The number of piperidine rings is 3. The van der Waals surface area contributed by atoms with Gasteiger partial charge in [-0.25, -0.2) is 9.59 Å². The van der Waals surface area contributed by atoms with E-state index in [-0.39, 0.29) is 19.0 Å². The van der Waals surface area contributed by atoms with Crippen LogP contribution in [0.5, 0.6) is 5.75 Å². The van der Waals surface area contributed by atoms with E-state index in [9.17, 15) is 9.59 Å². The van der Waals surface area contributed by atoms with Crippen LogP contribution >= 0.6 is 0 Å². The highest BCUT2D eigenvalue weighted by Crippen LogP contribution is 2.31. The van der Waals surface area contributed by atoms with Crippen molar-refractivity contribution in [3.8, 4) is 5.75 Å². The van der Waals surface area contributed by atoms with Crippen molar-refractivity contribution in [3.05, 3.63) is 137 Å². The number of amides is 1. The lowest BCUT2D eigenvalue weighted by molar-refractivity contribution is -0.0442. The van der Waals surface area contributed by atoms with Gasteiger partial charge in [0.15, 0.2) is 6.29 Å². The number of hydrogen-bond acceptors (Lipinski definition) is 8. The van der Waals surface area contributed by atoms with Crippen LogP contribution < -0.4 is 10.1 Å². The molecule has 0 spiro atoms. The standard InChI is InChI=1S/C39H40N2O7/c42-37(47-26-28-6-4-10-33(22-28)38-44-20-21-45-38)31-14-12-27(13-15-31)25-46-34-11-5-9-32(23-34)36(30-7-2-1-3-8-30)40-39(43)48-35-24-41-18-16-29(35)17-19-41/h1-15,22-23,29,35-36,38H,16-21,24-26H2,(H,40,43)/t35-,36-/m0/s1. The van der Waals surface area contributed by atoms with Gasteiger partial charge in [0.25, 0.3) is 0 Å². The van der Waals surface area contributed by atoms with Gasteiger partial charge >= 0.3 is 12.1 Å². The minimum Gasteiger partial charge on any atom is -0.489 e. The molecule has 0 unspecified atom stereocenters. The Labute approximate surface area is 280 Å². The Hall–Kier alpha value is -4.70. The van der Waals surface area contributed by atoms with E-state index in [0.29, 0.717) is 37.1 Å². The first-order valence-corrected chi connectivity index (χ1v) is 16.6. The van der Waals surface area contributed by atoms with E-state index in [1.807, 2.05) is 91.0 Å². The summed E-state index contributed by atoms with van der Waals surface area (Å²) in [6.07, 6.45) is 1.30. The highest BCUT2D eigenvalue weighted by atomic mass is 16.7. The summed E-state index contributed by atoms with van der Waals surface area (Å²) in [5, 5.41) is 3.12. The minimum absolute atomic E-state index is 0.0729. The topological polar surface area (TPSA) is 95.6 Å². The lowest BCUT2D eigenvalue weighted by Crippen LogP contribution is -2.52. The molecule has 0 saturated carbocycles. The molecule has 48 heavy (non-hydrogen) atoms. The van der Waals surface area contributed by atoms with Crippen molar-refractivity contribution in [1.82, 2.24) is 10.2 Å². The van der Waals surface area contributed by atoms with Gasteiger partial charge in [0, 0.05) is 12.1 Å². The van der Waals surface area contributed by atoms with Gasteiger partial charge in [-0.2, -0.15) is 0 Å². The molecular formula is C39H40N2O7. The number of benzene rings is 4. The lowest BCUT2D eigenvalue weighted by Gasteiger charge is -2.43. The molecule has 4 aliphatic heterocycles. The molecule has 4 heterocycles. The Bertz CT molecular complexity index is 1680. The second-order valence-corrected chi connectivity index (χ2v) is 12.5. The van der Waals surface area contributed by atoms with E-state index >= 15 is 0 Å². The maximum absolute atomic E-state index is 13.2. The Morgan fingerprint density at radius 3 is 2.29 bits per heavy atom. The molecule has 4 aromatic carbocycles. The summed E-state index contributed by atoms with van der Waals surface area (Å²) in [4.78, 5) is 28.3. The molecule has 4 fully saturated rings. The van der Waals surface area contributed by atoms with Gasteiger partial charge in [-0.05, 0) is 84.4 Å². The molecule has 4 aromatic rings. The van der Waals surface area contributed by atoms with Crippen LogP contribution in [0.15, 0.2) is 103 Å². The largest absolute Gasteiger partial charge is 0.489 e. The average Bonchev–Trinajstić information content (AvgIpc) is 3.69. The fraction of sp³-hybridized carbons (Fsp3) is 0.333. The van der Waals surface area contributed by atoms with E-state index < -0.39 is 18.1 Å². The zero-order valence-electron chi connectivity index (χ0n) is 26.8. The third kappa shape index (κ3) is 7.87. The summed E-state index contributed by atoms with van der Waals surface area (Å²) in [5.41, 5.74) is 4.97. The molecule has 1 amide bonds. The predicted molar refractivity (Wildman–Crippen MR) is 178 cm³/mol. The quantitative estimate of drug-likeness (QED) is 0.182. The van der Waals surface area contributed by atoms with Crippen molar-refractivity contribution in [1.29, 1.82) is 0 Å². The van der Waals surface area contributed by atoms with E-state index in [4.69, 9.17) is 23.7 Å². The van der Waals surface area contributed by atoms with Crippen LogP contribution in [-0.4, -0.2) is 55.9 Å². The van der Waals surface area contributed by atoms with Gasteiger partial charge in [0.2, 0.25) is 0 Å². The SMILES string of the molecule is O=C(N[C@@H](c1ccccc1)c1cccc(OCc2ccc(C(=O)OCc3cccc(C4OCCO4)c3)cc2)c1)O[C@H]1CN2CCC1CC2. The molecule has 2 bridgehead atoms. The molecule has 0 aliphatic carbocycles. The van der Waals surface area contributed by atoms with Crippen molar-refractivity contribution < 1.29 is 33.3 Å². The molecule has 4 saturated heterocycles. The molecule has 4 aliphatic rings. The summed E-state index contributed by atoms with van der Waals surface area (Å²) in [5.74, 6) is 0.698. The molecule has 9 heteroatoms. The summed E-state index contributed by atoms with van der Waals surface area (Å²) in [6.45, 7) is 4.58. The zero-order chi connectivity index (χ0) is 32.7. The molecule has 9 nitrogen and oxygen atoms in total. The van der Waals surface area contributed by atoms with Crippen molar-refractivity contribution in [2.75, 3.05) is 32.8 Å². The third-order valence-corrected chi connectivity index (χ3v) is 9.25. The van der Waals surface area contributed by atoms with Gasteiger partial charge in [0.1, 0.15) is 25.1 Å². The second-order valence-electron chi connectivity index (χ2n) is 12.5. The maximum atomic E-state index is 13.2. The number of rotatable bonds is 11. The number of esters is 1. The van der Waals surface area contributed by atoms with E-state index in [0.717, 1.165) is 60.3 Å². The fourth-order valence-corrected chi connectivity index (χ4v) is 6.64. The zero-order valence-corrected chi connectivity index (χ0v) is 26.8. The lowest BCUT2D eigenvalue weighted by atomic mass is 9.86. The smallest absolute Gasteiger partial charge is 0.408 e. The number of alkyl carbamates (subject to hydrolysis) is 1. The number of ether oxygens (including phenoxy) is 5. The molecule has 1 N–H and O–H groups in total. The van der Waals surface area contributed by atoms with Crippen LogP contribution in [0.4, 0.5) is 4.79 Å². The van der Waals surface area contributed by atoms with Gasteiger partial charge in [0.05, 0.1) is 24.8 Å². The van der Waals surface area contributed by atoms with E-state index in [1.165, 1.54) is 0 Å². The van der Waals surface area contributed by atoms with Gasteiger partial charge in [-0.15, -0.1) is 0 Å². The Morgan fingerprint density at radius 1 is 0.792 bits per heavy atom. The van der Waals surface area contributed by atoms with Crippen LogP contribution in [0, 0.1) is 5.92 Å². The number of fused-ring (bicyclic) bond motifs is 3. The molecule has 0 radical (unpaired) electrons. The van der Waals surface area contributed by atoms with Crippen LogP contribution in [0.3, 0.4) is 0 Å². The molecule has 8 rings (SSSR count). The normalized spacial score (nSPS) is 21.0. The van der Waals surface area contributed by atoms with Crippen molar-refractivity contribution >= 4 is 12.1 Å². The predicted octanol–water partition coefficient (Wildman–Crippen LogP) is 6.58. The summed E-state index contributed by atoms with van der Waals surface area (Å²) in [7, 11) is 0. The first kappa shape index (κ1) is 31.9. The number of carbonyl (C=O) groups excluding carboxylic acids is 2. The number of carbonyl (C=O) groups is 2. The van der Waals surface area contributed by atoms with Crippen molar-refractivity contribution in [3.63, 3.8) is 0 Å². The fourth-order valence-electron chi connectivity index (χ4n) is 6.64. The number of nitrogens with one attached hydrogen (secondary N) is 1. The molecule has 248 valence electrons. The monoisotopic (exact) mass is 648 g/mol. The molecular weight excluding hydrogens is 608 g/mol. The Morgan fingerprint density at radius 2 is 1.54 bits per heavy atom. The second kappa shape index (κ2) is 15.0. The highest BCUT2D eigenvalue weighted by molar-refractivity contribution is 5.89. The first-order valence-electron chi connectivity index (χ1n) is 16.6. The van der Waals surface area contributed by atoms with E-state index in [1.54, 1.807) is 12.1 Å². The van der Waals surface area contributed by atoms with Gasteiger partial charge in [-0.1, -0.05) is 72.8 Å². The van der Waals surface area contributed by atoms with Crippen LogP contribution in [0.2, 0.25) is 0 Å². The number of hydrogen-bond donors (Lipinski definition) is 1. The minimum atomic E-state index is -0.408. The summed E-state index contributed by atoms with van der Waals surface area (Å²) in [6, 6.07) is 32.1.